The molecule has 1 aromatic rings. The second kappa shape index (κ2) is 6.98. The Hall–Kier alpha value is -2.77. The Morgan fingerprint density at radius 2 is 1.95 bits per heavy atom. The Balaban J connectivity index is 2.66. The number of hydrogen-bond donors (Lipinski definition) is 0. The molecule has 0 bridgehead atoms. The van der Waals surface area contributed by atoms with Crippen LogP contribution in [-0.4, -0.2) is 22.4 Å². The van der Waals surface area contributed by atoms with Crippen molar-refractivity contribution in [3.05, 3.63) is 61.7 Å². The zero-order valence-corrected chi connectivity index (χ0v) is 10.6. The quantitative estimate of drug-likeness (QED) is 0.340. The van der Waals surface area contributed by atoms with Gasteiger partial charge >= 0.3 is 5.97 Å². The van der Waals surface area contributed by atoms with Crippen LogP contribution >= 0.6 is 0 Å². The molecule has 1 aromatic carbocycles. The number of esters is 1. The molecule has 0 radical (unpaired) electrons. The third kappa shape index (κ3) is 4.84. The van der Waals surface area contributed by atoms with Crippen molar-refractivity contribution in [2.45, 2.75) is 13.5 Å². The summed E-state index contributed by atoms with van der Waals surface area (Å²) in [6, 6.07) is 5.87. The van der Waals surface area contributed by atoms with Crippen molar-refractivity contribution in [1.29, 1.82) is 0 Å². The first-order chi connectivity index (χ1) is 9.40. The molecule has 0 saturated heterocycles. The van der Waals surface area contributed by atoms with Crippen LogP contribution in [0.4, 0.5) is 5.69 Å². The van der Waals surface area contributed by atoms with Crippen LogP contribution in [0.15, 0.2) is 35.9 Å². The number of rotatable bonds is 6. The molecule has 0 N–H and O–H groups in total. The Kier molecular flexibility index (Phi) is 5.33. The van der Waals surface area contributed by atoms with E-state index in [4.69, 9.17) is 4.74 Å². The van der Waals surface area contributed by atoms with Gasteiger partial charge in [0.2, 0.25) is 6.54 Å². The number of carbonyl (C=O) groups excluding carboxylic acids is 1. The Morgan fingerprint density at radius 1 is 1.30 bits per heavy atom. The van der Waals surface area contributed by atoms with Gasteiger partial charge in [-0.15, -0.1) is 0 Å². The third-order valence-corrected chi connectivity index (χ3v) is 2.30. The smallest absolute Gasteiger partial charge is 0.331 e. The molecule has 0 fully saturated rings. The number of nitrogens with zero attached hydrogens (tertiary/aromatic N) is 2. The molecule has 0 atom stereocenters. The second-order valence-corrected chi connectivity index (χ2v) is 3.98. The zero-order chi connectivity index (χ0) is 15.1. The Morgan fingerprint density at radius 3 is 2.55 bits per heavy atom. The predicted molar refractivity (Wildman–Crippen MR) is 68.5 cm³/mol. The minimum atomic E-state index is -0.775. The van der Waals surface area contributed by atoms with Crippen molar-refractivity contribution in [2.75, 3.05) is 6.54 Å². The monoisotopic (exact) mass is 280 g/mol. The van der Waals surface area contributed by atoms with Crippen molar-refractivity contribution in [2.24, 2.45) is 0 Å². The van der Waals surface area contributed by atoms with Gasteiger partial charge in [0, 0.05) is 22.6 Å². The number of nitro benzene ring substituents is 1. The van der Waals surface area contributed by atoms with E-state index in [0.29, 0.717) is 0 Å². The van der Waals surface area contributed by atoms with Crippen LogP contribution < -0.4 is 0 Å². The van der Waals surface area contributed by atoms with E-state index < -0.39 is 22.4 Å². The maximum absolute atomic E-state index is 11.4. The van der Waals surface area contributed by atoms with Gasteiger partial charge in [0.15, 0.2) is 0 Å². The van der Waals surface area contributed by atoms with Gasteiger partial charge in [0.1, 0.15) is 6.61 Å². The van der Waals surface area contributed by atoms with E-state index in [9.17, 15) is 25.0 Å². The summed E-state index contributed by atoms with van der Waals surface area (Å²) in [6.07, 6.45) is 0.998. The van der Waals surface area contributed by atoms with Gasteiger partial charge in [-0.05, 0) is 13.0 Å². The van der Waals surface area contributed by atoms with Crippen molar-refractivity contribution >= 4 is 11.7 Å². The fourth-order valence-electron chi connectivity index (χ4n) is 1.45. The SMILES string of the molecule is C/C(=C\C(=O)OCc1ccccc1[N+](=O)[O-])C[N+](=O)[O-]. The number of benzene rings is 1. The maximum atomic E-state index is 11.4. The molecule has 0 aliphatic heterocycles. The van der Waals surface area contributed by atoms with E-state index in [1.54, 1.807) is 6.07 Å². The molecule has 8 nitrogen and oxygen atoms in total. The lowest BCUT2D eigenvalue weighted by Gasteiger charge is -2.03. The molecule has 0 heterocycles. The predicted octanol–water partition coefficient (Wildman–Crippen LogP) is 1.86. The zero-order valence-electron chi connectivity index (χ0n) is 10.6. The highest BCUT2D eigenvalue weighted by Gasteiger charge is 2.13. The molecule has 0 aromatic heterocycles. The summed E-state index contributed by atoms with van der Waals surface area (Å²) in [6.45, 7) is 0.702. The van der Waals surface area contributed by atoms with Crippen LogP contribution in [0.2, 0.25) is 0 Å². The molecule has 0 amide bonds. The van der Waals surface area contributed by atoms with E-state index in [1.807, 2.05) is 0 Å². The average molecular weight is 280 g/mol. The first-order valence-electron chi connectivity index (χ1n) is 5.58. The highest BCUT2D eigenvalue weighted by molar-refractivity contribution is 5.82. The van der Waals surface area contributed by atoms with Crippen molar-refractivity contribution in [1.82, 2.24) is 0 Å². The normalized spacial score (nSPS) is 10.9. The highest BCUT2D eigenvalue weighted by atomic mass is 16.6. The van der Waals surface area contributed by atoms with Gasteiger partial charge in [-0.3, -0.25) is 20.2 Å². The number of ether oxygens (including phenoxy) is 1. The van der Waals surface area contributed by atoms with E-state index in [1.165, 1.54) is 25.1 Å². The molecular weight excluding hydrogens is 268 g/mol. The van der Waals surface area contributed by atoms with Gasteiger partial charge in [-0.1, -0.05) is 12.1 Å². The number of nitro groups is 2. The standard InChI is InChI=1S/C12H12N2O6/c1-9(7-13(16)17)6-12(15)20-8-10-4-2-3-5-11(10)14(18)19/h2-6H,7-8H2,1H3/b9-6+. The number of carbonyl (C=O) groups is 1. The lowest BCUT2D eigenvalue weighted by molar-refractivity contribution is -0.470. The van der Waals surface area contributed by atoms with Gasteiger partial charge in [-0.25, -0.2) is 4.79 Å². The summed E-state index contributed by atoms with van der Waals surface area (Å²) >= 11 is 0. The summed E-state index contributed by atoms with van der Waals surface area (Å²) < 4.78 is 4.83. The van der Waals surface area contributed by atoms with E-state index in [2.05, 4.69) is 0 Å². The van der Waals surface area contributed by atoms with Crippen molar-refractivity contribution in [3.8, 4) is 0 Å². The molecular formula is C12H12N2O6. The van der Waals surface area contributed by atoms with E-state index >= 15 is 0 Å². The molecule has 0 unspecified atom stereocenters. The molecule has 0 aliphatic rings. The van der Waals surface area contributed by atoms with E-state index in [-0.39, 0.29) is 23.4 Å². The summed E-state index contributed by atoms with van der Waals surface area (Å²) in [5.74, 6) is -0.775. The molecule has 0 saturated carbocycles. The maximum Gasteiger partial charge on any atom is 0.331 e. The largest absolute Gasteiger partial charge is 0.457 e. The topological polar surface area (TPSA) is 113 Å². The van der Waals surface area contributed by atoms with Crippen LogP contribution in [0, 0.1) is 20.2 Å². The molecule has 0 spiro atoms. The van der Waals surface area contributed by atoms with Gasteiger partial charge in [0.25, 0.3) is 5.69 Å². The van der Waals surface area contributed by atoms with E-state index in [0.717, 1.165) is 6.08 Å². The van der Waals surface area contributed by atoms with Gasteiger partial charge < -0.3 is 4.74 Å². The third-order valence-electron chi connectivity index (χ3n) is 2.30. The van der Waals surface area contributed by atoms with Crippen LogP contribution in [0.25, 0.3) is 0 Å². The van der Waals surface area contributed by atoms with Crippen LogP contribution in [0.1, 0.15) is 12.5 Å². The molecule has 1 rings (SSSR count). The fourth-order valence-corrected chi connectivity index (χ4v) is 1.45. The van der Waals surface area contributed by atoms with Gasteiger partial charge in [0.05, 0.1) is 10.5 Å². The lowest BCUT2D eigenvalue weighted by atomic mass is 10.2. The lowest BCUT2D eigenvalue weighted by Crippen LogP contribution is -2.07. The first kappa shape index (κ1) is 15.3. The molecule has 0 aliphatic carbocycles. The molecule has 106 valence electrons. The van der Waals surface area contributed by atoms with Crippen LogP contribution in [-0.2, 0) is 16.1 Å². The van der Waals surface area contributed by atoms with Crippen LogP contribution in [0.5, 0.6) is 0 Å². The first-order valence-corrected chi connectivity index (χ1v) is 5.58. The van der Waals surface area contributed by atoms with Crippen molar-refractivity contribution < 1.29 is 19.4 Å². The summed E-state index contributed by atoms with van der Waals surface area (Å²) in [5.41, 5.74) is 0.347. The summed E-state index contributed by atoms with van der Waals surface area (Å²) in [7, 11) is 0. The Labute approximate surface area is 114 Å². The Bertz CT molecular complexity index is 567. The van der Waals surface area contributed by atoms with Gasteiger partial charge in [-0.2, -0.15) is 0 Å². The minimum absolute atomic E-state index is 0.147. The number of hydrogen-bond acceptors (Lipinski definition) is 6. The molecule has 20 heavy (non-hydrogen) atoms. The average Bonchev–Trinajstić information content (AvgIpc) is 2.35. The minimum Gasteiger partial charge on any atom is -0.457 e. The highest BCUT2D eigenvalue weighted by Crippen LogP contribution is 2.18. The van der Waals surface area contributed by atoms with Crippen molar-refractivity contribution in [3.63, 3.8) is 0 Å². The number of para-hydroxylation sites is 1. The van der Waals surface area contributed by atoms with Crippen LogP contribution in [0.3, 0.4) is 0 Å². The summed E-state index contributed by atoms with van der Waals surface area (Å²) in [4.78, 5) is 31.2. The fraction of sp³-hybridized carbons (Fsp3) is 0.250. The molecule has 8 heteroatoms. The second-order valence-electron chi connectivity index (χ2n) is 3.98. The summed E-state index contributed by atoms with van der Waals surface area (Å²) in [5, 5.41) is 21.0.